The van der Waals surface area contributed by atoms with Crippen molar-refractivity contribution < 1.29 is 4.79 Å². The van der Waals surface area contributed by atoms with Crippen LogP contribution >= 0.6 is 11.6 Å². The van der Waals surface area contributed by atoms with Crippen LogP contribution in [0.3, 0.4) is 0 Å². The Morgan fingerprint density at radius 1 is 1.15 bits per heavy atom. The molecule has 1 aromatic heterocycles. The number of benzene rings is 2. The highest BCUT2D eigenvalue weighted by atomic mass is 35.5. The summed E-state index contributed by atoms with van der Waals surface area (Å²) in [5.74, 6) is 0.0706. The minimum absolute atomic E-state index is 0.0706. The fraction of sp³-hybridized carbons (Fsp3) is 0.238. The molecule has 5 heteroatoms. The van der Waals surface area contributed by atoms with Crippen molar-refractivity contribution in [1.29, 1.82) is 0 Å². The van der Waals surface area contributed by atoms with Gasteiger partial charge in [-0.25, -0.2) is 4.68 Å². The molecular weight excluding hydrogens is 346 g/mol. The standard InChI is InChI=1S/C21H20ClN3O/c22-18-8-3-7-17(14-18)21(10-4-11-21)20(26)23-15-16-6-1-2-9-19(16)25-13-5-12-24-25/h1-3,5-9,12-14H,4,10-11,15H2,(H,23,26). The Kier molecular flexibility index (Phi) is 4.51. The minimum Gasteiger partial charge on any atom is -0.351 e. The Morgan fingerprint density at radius 2 is 2.00 bits per heavy atom. The zero-order valence-corrected chi connectivity index (χ0v) is 15.1. The quantitative estimate of drug-likeness (QED) is 0.734. The van der Waals surface area contributed by atoms with Gasteiger partial charge in [-0.15, -0.1) is 0 Å². The first-order chi connectivity index (χ1) is 12.7. The van der Waals surface area contributed by atoms with Gasteiger partial charge in [0, 0.05) is 24.0 Å². The van der Waals surface area contributed by atoms with Crippen LogP contribution in [0.5, 0.6) is 0 Å². The van der Waals surface area contributed by atoms with E-state index in [-0.39, 0.29) is 5.91 Å². The molecule has 0 atom stereocenters. The molecule has 0 aliphatic heterocycles. The second-order valence-corrected chi connectivity index (χ2v) is 7.14. The molecule has 1 aliphatic rings. The Morgan fingerprint density at radius 3 is 2.69 bits per heavy atom. The van der Waals surface area contributed by atoms with Gasteiger partial charge in [-0.1, -0.05) is 48.4 Å². The Bertz CT molecular complexity index is 917. The van der Waals surface area contributed by atoms with Crippen molar-refractivity contribution in [3.8, 4) is 5.69 Å². The number of hydrogen-bond acceptors (Lipinski definition) is 2. The third kappa shape index (κ3) is 3.01. The first-order valence-electron chi connectivity index (χ1n) is 8.81. The minimum atomic E-state index is -0.453. The first kappa shape index (κ1) is 16.9. The largest absolute Gasteiger partial charge is 0.351 e. The van der Waals surface area contributed by atoms with Crippen molar-refractivity contribution in [2.45, 2.75) is 31.2 Å². The van der Waals surface area contributed by atoms with E-state index in [4.69, 9.17) is 11.6 Å². The maximum absolute atomic E-state index is 13.1. The molecule has 1 amide bonds. The molecule has 1 fully saturated rings. The van der Waals surface area contributed by atoms with Gasteiger partial charge >= 0.3 is 0 Å². The number of nitrogens with one attached hydrogen (secondary N) is 1. The molecule has 0 radical (unpaired) electrons. The summed E-state index contributed by atoms with van der Waals surface area (Å²) in [6.07, 6.45) is 6.43. The van der Waals surface area contributed by atoms with E-state index in [0.29, 0.717) is 11.6 Å². The molecule has 1 N–H and O–H groups in total. The number of amides is 1. The molecule has 1 heterocycles. The number of rotatable bonds is 5. The summed E-state index contributed by atoms with van der Waals surface area (Å²) in [6.45, 7) is 0.469. The summed E-state index contributed by atoms with van der Waals surface area (Å²) in [4.78, 5) is 13.1. The molecule has 3 aromatic rings. The van der Waals surface area contributed by atoms with Gasteiger partial charge in [-0.05, 0) is 48.2 Å². The van der Waals surface area contributed by atoms with Crippen LogP contribution in [-0.2, 0) is 16.8 Å². The topological polar surface area (TPSA) is 46.9 Å². The van der Waals surface area contributed by atoms with Gasteiger partial charge in [0.25, 0.3) is 0 Å². The van der Waals surface area contributed by atoms with E-state index in [0.717, 1.165) is 36.1 Å². The van der Waals surface area contributed by atoms with Crippen LogP contribution in [0.2, 0.25) is 5.02 Å². The van der Waals surface area contributed by atoms with Crippen molar-refractivity contribution in [2.75, 3.05) is 0 Å². The predicted octanol–water partition coefficient (Wildman–Crippen LogP) is 4.26. The summed E-state index contributed by atoms with van der Waals surface area (Å²) >= 11 is 6.15. The SMILES string of the molecule is O=C(NCc1ccccc1-n1cccn1)C1(c2cccc(Cl)c2)CCC1. The Balaban J connectivity index is 1.54. The number of para-hydroxylation sites is 1. The molecule has 1 aliphatic carbocycles. The second-order valence-electron chi connectivity index (χ2n) is 6.71. The van der Waals surface area contributed by atoms with E-state index >= 15 is 0 Å². The highest BCUT2D eigenvalue weighted by Gasteiger charge is 2.45. The highest BCUT2D eigenvalue weighted by molar-refractivity contribution is 6.30. The molecule has 0 bridgehead atoms. The fourth-order valence-electron chi connectivity index (χ4n) is 3.60. The molecule has 1 saturated carbocycles. The molecule has 132 valence electrons. The molecule has 4 nitrogen and oxygen atoms in total. The van der Waals surface area contributed by atoms with Crippen molar-refractivity contribution >= 4 is 17.5 Å². The lowest BCUT2D eigenvalue weighted by atomic mass is 9.64. The summed E-state index contributed by atoms with van der Waals surface area (Å²) < 4.78 is 1.82. The molecule has 26 heavy (non-hydrogen) atoms. The van der Waals surface area contributed by atoms with E-state index in [9.17, 15) is 4.79 Å². The average Bonchev–Trinajstić information content (AvgIpc) is 3.14. The van der Waals surface area contributed by atoms with Crippen LogP contribution in [0.1, 0.15) is 30.4 Å². The number of carbonyl (C=O) groups is 1. The van der Waals surface area contributed by atoms with Crippen molar-refractivity contribution in [1.82, 2.24) is 15.1 Å². The monoisotopic (exact) mass is 365 g/mol. The van der Waals surface area contributed by atoms with Gasteiger partial charge in [0.2, 0.25) is 5.91 Å². The Labute approximate surface area is 157 Å². The maximum atomic E-state index is 13.1. The number of aromatic nitrogens is 2. The Hall–Kier alpha value is -2.59. The summed E-state index contributed by atoms with van der Waals surface area (Å²) in [5.41, 5.74) is 2.56. The van der Waals surface area contributed by atoms with E-state index in [1.165, 1.54) is 0 Å². The first-order valence-corrected chi connectivity index (χ1v) is 9.19. The zero-order chi connectivity index (χ0) is 18.0. The third-order valence-electron chi connectivity index (χ3n) is 5.20. The number of halogens is 1. The number of hydrogen-bond donors (Lipinski definition) is 1. The van der Waals surface area contributed by atoms with Gasteiger partial charge in [-0.2, -0.15) is 5.10 Å². The molecular formula is C21H20ClN3O. The second kappa shape index (κ2) is 6.96. The lowest BCUT2D eigenvalue weighted by Gasteiger charge is -2.40. The molecule has 0 unspecified atom stereocenters. The normalized spacial score (nSPS) is 15.3. The van der Waals surface area contributed by atoms with Crippen LogP contribution in [0, 0.1) is 0 Å². The predicted molar refractivity (Wildman–Crippen MR) is 102 cm³/mol. The molecule has 4 rings (SSSR count). The van der Waals surface area contributed by atoms with Gasteiger partial charge < -0.3 is 5.32 Å². The van der Waals surface area contributed by atoms with Gasteiger partial charge in [0.1, 0.15) is 0 Å². The van der Waals surface area contributed by atoms with Crippen LogP contribution in [0.25, 0.3) is 5.69 Å². The maximum Gasteiger partial charge on any atom is 0.230 e. The van der Waals surface area contributed by atoms with Crippen molar-refractivity contribution in [3.63, 3.8) is 0 Å². The summed E-state index contributed by atoms with van der Waals surface area (Å²) in [6, 6.07) is 17.5. The lowest BCUT2D eigenvalue weighted by Crippen LogP contribution is -2.49. The van der Waals surface area contributed by atoms with Crippen molar-refractivity contribution in [2.24, 2.45) is 0 Å². The van der Waals surface area contributed by atoms with E-state index in [2.05, 4.69) is 10.4 Å². The van der Waals surface area contributed by atoms with Crippen LogP contribution in [0.4, 0.5) is 0 Å². The van der Waals surface area contributed by atoms with Crippen molar-refractivity contribution in [3.05, 3.63) is 83.1 Å². The summed E-state index contributed by atoms with van der Waals surface area (Å²) in [7, 11) is 0. The molecule has 0 spiro atoms. The fourth-order valence-corrected chi connectivity index (χ4v) is 3.79. The van der Waals surface area contributed by atoms with Gasteiger partial charge in [0.05, 0.1) is 11.1 Å². The lowest BCUT2D eigenvalue weighted by molar-refractivity contribution is -0.130. The van der Waals surface area contributed by atoms with Gasteiger partial charge in [0.15, 0.2) is 0 Å². The number of nitrogens with zero attached hydrogens (tertiary/aromatic N) is 2. The van der Waals surface area contributed by atoms with Gasteiger partial charge in [-0.3, -0.25) is 4.79 Å². The van der Waals surface area contributed by atoms with E-state index < -0.39 is 5.41 Å². The highest BCUT2D eigenvalue weighted by Crippen LogP contribution is 2.44. The average molecular weight is 366 g/mol. The number of carbonyl (C=O) groups excluding carboxylic acids is 1. The molecule has 2 aromatic carbocycles. The summed E-state index contributed by atoms with van der Waals surface area (Å²) in [5, 5.41) is 8.11. The van der Waals surface area contributed by atoms with Crippen LogP contribution in [-0.4, -0.2) is 15.7 Å². The van der Waals surface area contributed by atoms with Crippen LogP contribution < -0.4 is 5.32 Å². The third-order valence-corrected chi connectivity index (χ3v) is 5.44. The van der Waals surface area contributed by atoms with E-state index in [1.807, 2.05) is 65.5 Å². The zero-order valence-electron chi connectivity index (χ0n) is 14.4. The van der Waals surface area contributed by atoms with Crippen LogP contribution in [0.15, 0.2) is 67.0 Å². The van der Waals surface area contributed by atoms with E-state index in [1.54, 1.807) is 6.20 Å². The molecule has 0 saturated heterocycles. The smallest absolute Gasteiger partial charge is 0.230 e.